The Labute approximate surface area is 197 Å². The maximum absolute atomic E-state index is 3.32. The lowest BCUT2D eigenvalue weighted by Crippen LogP contribution is -2.15. The Morgan fingerprint density at radius 3 is 1.91 bits per heavy atom. The minimum atomic E-state index is 0.941. The fraction of sp³-hybridized carbons (Fsp3) is 0.500. The molecule has 1 aliphatic carbocycles. The van der Waals surface area contributed by atoms with Crippen LogP contribution in [0.2, 0.25) is 0 Å². The Kier molecular flexibility index (Phi) is 10.7. The van der Waals surface area contributed by atoms with E-state index in [1.165, 1.54) is 81.8 Å². The van der Waals surface area contributed by atoms with Crippen molar-refractivity contribution in [3.8, 4) is 11.8 Å². The molecule has 0 atom stereocenters. The van der Waals surface area contributed by atoms with Crippen molar-refractivity contribution in [1.29, 1.82) is 0 Å². The molecule has 170 valence electrons. The van der Waals surface area contributed by atoms with Gasteiger partial charge in [0.25, 0.3) is 0 Å². The third-order valence-electron chi connectivity index (χ3n) is 7.04. The average molecular weight is 427 g/mol. The van der Waals surface area contributed by atoms with Crippen LogP contribution in [0.5, 0.6) is 0 Å². The summed E-state index contributed by atoms with van der Waals surface area (Å²) in [5.41, 5.74) is 4.88. The van der Waals surface area contributed by atoms with Crippen molar-refractivity contribution in [3.05, 3.63) is 76.9 Å². The summed E-state index contributed by atoms with van der Waals surface area (Å²) in [6.07, 6.45) is 21.0. The van der Waals surface area contributed by atoms with E-state index in [9.17, 15) is 0 Å². The summed E-state index contributed by atoms with van der Waals surface area (Å²) in [6.45, 7) is 4.46. The molecule has 32 heavy (non-hydrogen) atoms. The highest BCUT2D eigenvalue weighted by Gasteiger charge is 2.20. The fourth-order valence-corrected chi connectivity index (χ4v) is 4.87. The SMILES string of the molecule is CC/C=C/c1ccc(C#Cc2ccc(CCC3CCC(CCCCCC)CC3)cc2)cc1. The molecule has 1 aliphatic rings. The summed E-state index contributed by atoms with van der Waals surface area (Å²) in [5, 5.41) is 0. The Balaban J connectivity index is 1.39. The first-order valence-corrected chi connectivity index (χ1v) is 13.1. The van der Waals surface area contributed by atoms with E-state index < -0.39 is 0 Å². The highest BCUT2D eigenvalue weighted by Crippen LogP contribution is 2.34. The van der Waals surface area contributed by atoms with E-state index in [2.05, 4.69) is 86.4 Å². The van der Waals surface area contributed by atoms with Gasteiger partial charge >= 0.3 is 0 Å². The van der Waals surface area contributed by atoms with Crippen molar-refractivity contribution in [2.45, 2.75) is 90.9 Å². The van der Waals surface area contributed by atoms with Crippen molar-refractivity contribution < 1.29 is 0 Å². The molecular formula is C32H42. The van der Waals surface area contributed by atoms with Gasteiger partial charge in [0, 0.05) is 11.1 Å². The number of benzene rings is 2. The zero-order valence-corrected chi connectivity index (χ0v) is 20.4. The topological polar surface area (TPSA) is 0 Å². The molecule has 2 aromatic rings. The second-order valence-electron chi connectivity index (χ2n) is 9.65. The molecule has 0 radical (unpaired) electrons. The summed E-state index contributed by atoms with van der Waals surface area (Å²) < 4.78 is 0. The van der Waals surface area contributed by atoms with Gasteiger partial charge in [0.2, 0.25) is 0 Å². The van der Waals surface area contributed by atoms with Gasteiger partial charge in [0.05, 0.1) is 0 Å². The molecular weight excluding hydrogens is 384 g/mol. The molecule has 0 heteroatoms. The smallest absolute Gasteiger partial charge is 0.0249 e. The minimum Gasteiger partial charge on any atom is -0.0842 e. The molecule has 0 bridgehead atoms. The van der Waals surface area contributed by atoms with Crippen molar-refractivity contribution >= 4 is 6.08 Å². The number of hydrogen-bond donors (Lipinski definition) is 0. The Morgan fingerprint density at radius 1 is 0.719 bits per heavy atom. The van der Waals surface area contributed by atoms with Gasteiger partial charge in [0.1, 0.15) is 0 Å². The molecule has 0 saturated heterocycles. The summed E-state index contributed by atoms with van der Waals surface area (Å²) in [5.74, 6) is 8.58. The molecule has 2 aromatic carbocycles. The van der Waals surface area contributed by atoms with Gasteiger partial charge in [-0.3, -0.25) is 0 Å². The van der Waals surface area contributed by atoms with Crippen molar-refractivity contribution in [3.63, 3.8) is 0 Å². The molecule has 3 rings (SSSR count). The lowest BCUT2D eigenvalue weighted by Gasteiger charge is -2.28. The number of unbranched alkanes of at least 4 members (excludes halogenated alkanes) is 3. The van der Waals surface area contributed by atoms with Crippen LogP contribution in [-0.2, 0) is 6.42 Å². The van der Waals surface area contributed by atoms with Gasteiger partial charge in [-0.25, -0.2) is 0 Å². The standard InChI is InChI=1S/C32H42/c1-3-5-7-8-10-28-13-17-30(18-14-28)20-22-32-25-23-31(24-26-32)21-19-29-15-11-27(12-16-29)9-6-4-2/h6,9,11-12,15-16,23-26,28,30H,3-5,7-8,10,13-14,17-18,20,22H2,1-2H3/b9-6+. The summed E-state index contributed by atoms with van der Waals surface area (Å²) >= 11 is 0. The van der Waals surface area contributed by atoms with Gasteiger partial charge in [-0.1, -0.05) is 120 Å². The number of hydrogen-bond acceptors (Lipinski definition) is 0. The first-order valence-electron chi connectivity index (χ1n) is 13.1. The lowest BCUT2D eigenvalue weighted by molar-refractivity contribution is 0.249. The predicted octanol–water partition coefficient (Wildman–Crippen LogP) is 9.22. The van der Waals surface area contributed by atoms with Crippen LogP contribution in [0.1, 0.15) is 107 Å². The predicted molar refractivity (Wildman–Crippen MR) is 141 cm³/mol. The maximum atomic E-state index is 3.32. The van der Waals surface area contributed by atoms with E-state index in [1.807, 2.05) is 0 Å². The highest BCUT2D eigenvalue weighted by molar-refractivity contribution is 5.52. The third-order valence-corrected chi connectivity index (χ3v) is 7.04. The molecule has 0 amide bonds. The van der Waals surface area contributed by atoms with Crippen molar-refractivity contribution in [2.24, 2.45) is 11.8 Å². The lowest BCUT2D eigenvalue weighted by atomic mass is 9.77. The average Bonchev–Trinajstić information content (AvgIpc) is 2.85. The normalized spacial score (nSPS) is 18.4. The Hall–Kier alpha value is -2.26. The van der Waals surface area contributed by atoms with E-state index in [1.54, 1.807) is 0 Å². The van der Waals surface area contributed by atoms with Crippen LogP contribution in [0, 0.1) is 23.7 Å². The zero-order chi connectivity index (χ0) is 22.4. The van der Waals surface area contributed by atoms with Crippen LogP contribution in [0.25, 0.3) is 6.08 Å². The van der Waals surface area contributed by atoms with E-state index in [4.69, 9.17) is 0 Å². The molecule has 0 nitrogen and oxygen atoms in total. The molecule has 1 fully saturated rings. The molecule has 0 heterocycles. The van der Waals surface area contributed by atoms with Crippen LogP contribution in [-0.4, -0.2) is 0 Å². The molecule has 0 N–H and O–H groups in total. The van der Waals surface area contributed by atoms with Gasteiger partial charge in [-0.2, -0.15) is 0 Å². The monoisotopic (exact) mass is 426 g/mol. The Morgan fingerprint density at radius 2 is 1.31 bits per heavy atom. The third kappa shape index (κ3) is 8.70. The van der Waals surface area contributed by atoms with E-state index in [0.29, 0.717) is 0 Å². The van der Waals surface area contributed by atoms with Gasteiger partial charge < -0.3 is 0 Å². The molecule has 0 aliphatic heterocycles. The van der Waals surface area contributed by atoms with Crippen LogP contribution in [0.4, 0.5) is 0 Å². The second kappa shape index (κ2) is 14.0. The second-order valence-corrected chi connectivity index (χ2v) is 9.65. The van der Waals surface area contributed by atoms with E-state index in [0.717, 1.165) is 29.4 Å². The molecule has 0 unspecified atom stereocenters. The highest BCUT2D eigenvalue weighted by atomic mass is 14.3. The first-order chi connectivity index (χ1) is 15.8. The maximum Gasteiger partial charge on any atom is 0.0249 e. The zero-order valence-electron chi connectivity index (χ0n) is 20.4. The van der Waals surface area contributed by atoms with Crippen LogP contribution < -0.4 is 0 Å². The van der Waals surface area contributed by atoms with Gasteiger partial charge in [-0.15, -0.1) is 0 Å². The largest absolute Gasteiger partial charge is 0.0842 e. The van der Waals surface area contributed by atoms with E-state index >= 15 is 0 Å². The summed E-state index contributed by atoms with van der Waals surface area (Å²) in [4.78, 5) is 0. The van der Waals surface area contributed by atoms with Crippen LogP contribution >= 0.6 is 0 Å². The molecule has 0 spiro atoms. The minimum absolute atomic E-state index is 0.941. The van der Waals surface area contributed by atoms with Gasteiger partial charge in [0.15, 0.2) is 0 Å². The number of rotatable bonds is 10. The number of aryl methyl sites for hydroxylation is 1. The van der Waals surface area contributed by atoms with Crippen molar-refractivity contribution in [2.75, 3.05) is 0 Å². The number of allylic oxidation sites excluding steroid dienone is 1. The molecule has 1 saturated carbocycles. The quantitative estimate of drug-likeness (QED) is 0.262. The van der Waals surface area contributed by atoms with Crippen molar-refractivity contribution in [1.82, 2.24) is 0 Å². The Bertz CT molecular complexity index is 849. The van der Waals surface area contributed by atoms with E-state index in [-0.39, 0.29) is 0 Å². The van der Waals surface area contributed by atoms with Gasteiger partial charge in [-0.05, 0) is 66.5 Å². The van der Waals surface area contributed by atoms with Crippen LogP contribution in [0.3, 0.4) is 0 Å². The summed E-state index contributed by atoms with van der Waals surface area (Å²) in [7, 11) is 0. The fourth-order valence-electron chi connectivity index (χ4n) is 4.87. The first kappa shape index (κ1) is 24.4. The molecule has 0 aromatic heterocycles. The summed E-state index contributed by atoms with van der Waals surface area (Å²) in [6, 6.07) is 17.4. The van der Waals surface area contributed by atoms with Crippen LogP contribution in [0.15, 0.2) is 54.6 Å².